The summed E-state index contributed by atoms with van der Waals surface area (Å²) in [4.78, 5) is 10.3. The minimum atomic E-state index is 0.450. The van der Waals surface area contributed by atoms with Gasteiger partial charge in [0.1, 0.15) is 16.7 Å². The molecule has 0 saturated carbocycles. The first kappa shape index (κ1) is 14.5. The average molecular weight is 325 g/mol. The summed E-state index contributed by atoms with van der Waals surface area (Å²) >= 11 is 1.76. The molecule has 0 fully saturated rings. The first-order valence-electron chi connectivity index (χ1n) is 7.92. The lowest BCUT2D eigenvalue weighted by molar-refractivity contribution is 0.358. The van der Waals surface area contributed by atoms with Crippen molar-refractivity contribution in [2.24, 2.45) is 0 Å². The lowest BCUT2D eigenvalue weighted by Crippen LogP contribution is -2.37. The van der Waals surface area contributed by atoms with E-state index in [1.165, 1.54) is 10.4 Å². The van der Waals surface area contributed by atoms with Crippen molar-refractivity contribution in [3.05, 3.63) is 53.1 Å². The molecule has 4 rings (SSSR count). The van der Waals surface area contributed by atoms with E-state index in [-0.39, 0.29) is 0 Å². The summed E-state index contributed by atoms with van der Waals surface area (Å²) in [6, 6.07) is 10.8. The van der Waals surface area contributed by atoms with Crippen LogP contribution >= 0.6 is 11.3 Å². The molecule has 1 atom stereocenters. The van der Waals surface area contributed by atoms with E-state index in [1.54, 1.807) is 11.3 Å². The number of nitrogens with zero attached hydrogens (tertiary/aromatic N) is 4. The predicted octanol–water partition coefficient (Wildman–Crippen LogP) is 2.81. The molecule has 1 aromatic carbocycles. The second kappa shape index (κ2) is 6.22. The van der Waals surface area contributed by atoms with Gasteiger partial charge in [0, 0.05) is 35.6 Å². The molecule has 1 aliphatic rings. The van der Waals surface area contributed by atoms with Crippen molar-refractivity contribution in [2.75, 3.05) is 0 Å². The zero-order valence-corrected chi connectivity index (χ0v) is 13.9. The number of nitrogens with one attached hydrogen (secondary N) is 1. The zero-order chi connectivity index (χ0) is 15.6. The van der Waals surface area contributed by atoms with Crippen molar-refractivity contribution in [3.63, 3.8) is 0 Å². The molecule has 0 saturated heterocycles. The number of hydrogen-bond acceptors (Lipinski definition) is 5. The quantitative estimate of drug-likeness (QED) is 0.801. The number of rotatable bonds is 4. The highest BCUT2D eigenvalue weighted by Crippen LogP contribution is 2.25. The molecule has 0 unspecified atom stereocenters. The Bertz CT molecular complexity index is 792. The van der Waals surface area contributed by atoms with Crippen LogP contribution in [-0.2, 0) is 19.5 Å². The normalized spacial score (nSPS) is 17.2. The van der Waals surface area contributed by atoms with Crippen LogP contribution in [-0.4, -0.2) is 25.8 Å². The Hall–Kier alpha value is -2.05. The number of fused-ring (bicyclic) bond motifs is 1. The molecule has 3 heterocycles. The first-order valence-corrected chi connectivity index (χ1v) is 8.73. The van der Waals surface area contributed by atoms with Crippen LogP contribution in [0.5, 0.6) is 0 Å². The van der Waals surface area contributed by atoms with Crippen molar-refractivity contribution in [1.82, 2.24) is 25.1 Å². The van der Waals surface area contributed by atoms with Crippen molar-refractivity contribution in [2.45, 2.75) is 38.9 Å². The van der Waals surface area contributed by atoms with Crippen LogP contribution in [0.3, 0.4) is 0 Å². The largest absolute Gasteiger partial charge is 0.307 e. The van der Waals surface area contributed by atoms with E-state index in [1.807, 2.05) is 36.0 Å². The number of hydrogen-bond donors (Lipinski definition) is 1. The first-order chi connectivity index (χ1) is 11.3. The van der Waals surface area contributed by atoms with Crippen LogP contribution in [0.1, 0.15) is 22.9 Å². The SMILES string of the molecule is Cc1nc2n(n1)C[C@@H](NCc1cnc(-c3ccccc3)s1)CC2. The molecule has 0 bridgehead atoms. The smallest absolute Gasteiger partial charge is 0.147 e. The molecular formula is C17H19N5S. The maximum Gasteiger partial charge on any atom is 0.147 e. The van der Waals surface area contributed by atoms with Gasteiger partial charge in [0.25, 0.3) is 0 Å². The Kier molecular flexibility index (Phi) is 3.93. The molecule has 3 aromatic rings. The summed E-state index contributed by atoms with van der Waals surface area (Å²) in [5, 5.41) is 9.17. The molecule has 0 aliphatic carbocycles. The van der Waals surface area contributed by atoms with Crippen LogP contribution in [0, 0.1) is 6.92 Å². The summed E-state index contributed by atoms with van der Waals surface area (Å²) in [7, 11) is 0. The molecular weight excluding hydrogens is 306 g/mol. The second-order valence-corrected chi connectivity index (χ2v) is 6.99. The fourth-order valence-electron chi connectivity index (χ4n) is 2.95. The van der Waals surface area contributed by atoms with Gasteiger partial charge in [-0.15, -0.1) is 11.3 Å². The maximum absolute atomic E-state index is 4.54. The van der Waals surface area contributed by atoms with E-state index in [0.717, 1.165) is 42.6 Å². The molecule has 2 aromatic heterocycles. The Morgan fingerprint density at radius 2 is 2.17 bits per heavy atom. The van der Waals surface area contributed by atoms with Crippen LogP contribution < -0.4 is 5.32 Å². The number of thiazole rings is 1. The molecule has 0 spiro atoms. The molecule has 23 heavy (non-hydrogen) atoms. The van der Waals surface area contributed by atoms with Crippen LogP contribution in [0.15, 0.2) is 36.5 Å². The molecule has 1 N–H and O–H groups in total. The van der Waals surface area contributed by atoms with Gasteiger partial charge in [-0.2, -0.15) is 5.10 Å². The minimum absolute atomic E-state index is 0.450. The van der Waals surface area contributed by atoms with E-state index >= 15 is 0 Å². The monoisotopic (exact) mass is 325 g/mol. The lowest BCUT2D eigenvalue weighted by Gasteiger charge is -2.23. The molecule has 5 nitrogen and oxygen atoms in total. The summed E-state index contributed by atoms with van der Waals surface area (Å²) < 4.78 is 2.04. The van der Waals surface area contributed by atoms with E-state index < -0.39 is 0 Å². The van der Waals surface area contributed by atoms with E-state index in [9.17, 15) is 0 Å². The molecule has 1 aliphatic heterocycles. The minimum Gasteiger partial charge on any atom is -0.307 e. The fraction of sp³-hybridized carbons (Fsp3) is 0.353. The summed E-state index contributed by atoms with van der Waals surface area (Å²) in [5.41, 5.74) is 1.18. The van der Waals surface area contributed by atoms with E-state index in [4.69, 9.17) is 0 Å². The zero-order valence-electron chi connectivity index (χ0n) is 13.1. The van der Waals surface area contributed by atoms with Gasteiger partial charge in [-0.1, -0.05) is 30.3 Å². The average Bonchev–Trinajstić information content (AvgIpc) is 3.18. The Balaban J connectivity index is 1.38. The number of aryl methyl sites for hydroxylation is 2. The van der Waals surface area contributed by atoms with Crippen LogP contribution in [0.2, 0.25) is 0 Å². The third kappa shape index (κ3) is 3.18. The highest BCUT2D eigenvalue weighted by atomic mass is 32.1. The highest BCUT2D eigenvalue weighted by molar-refractivity contribution is 7.15. The van der Waals surface area contributed by atoms with Gasteiger partial charge in [-0.05, 0) is 13.3 Å². The third-order valence-electron chi connectivity index (χ3n) is 4.10. The van der Waals surface area contributed by atoms with Gasteiger partial charge in [-0.3, -0.25) is 0 Å². The molecule has 118 valence electrons. The highest BCUT2D eigenvalue weighted by Gasteiger charge is 2.20. The van der Waals surface area contributed by atoms with Crippen LogP contribution in [0.4, 0.5) is 0 Å². The van der Waals surface area contributed by atoms with Gasteiger partial charge in [0.2, 0.25) is 0 Å². The number of benzene rings is 1. The molecule has 0 radical (unpaired) electrons. The molecule has 6 heteroatoms. The summed E-state index contributed by atoms with van der Waals surface area (Å²) in [5.74, 6) is 1.99. The van der Waals surface area contributed by atoms with Crippen molar-refractivity contribution in [1.29, 1.82) is 0 Å². The van der Waals surface area contributed by atoms with E-state index in [0.29, 0.717) is 6.04 Å². The van der Waals surface area contributed by atoms with Crippen molar-refractivity contribution < 1.29 is 0 Å². The summed E-state index contributed by atoms with van der Waals surface area (Å²) in [6.07, 6.45) is 4.09. The van der Waals surface area contributed by atoms with Crippen molar-refractivity contribution in [3.8, 4) is 10.6 Å². The molecule has 0 amide bonds. The third-order valence-corrected chi connectivity index (χ3v) is 5.15. The number of aromatic nitrogens is 4. The van der Waals surface area contributed by atoms with Gasteiger partial charge < -0.3 is 5.32 Å². The van der Waals surface area contributed by atoms with Crippen molar-refractivity contribution >= 4 is 11.3 Å². The van der Waals surface area contributed by atoms with Gasteiger partial charge in [0.15, 0.2) is 0 Å². The Labute approximate surface area is 139 Å². The summed E-state index contributed by atoms with van der Waals surface area (Å²) in [6.45, 7) is 3.72. The van der Waals surface area contributed by atoms with E-state index in [2.05, 4.69) is 32.5 Å². The van der Waals surface area contributed by atoms with Crippen LogP contribution in [0.25, 0.3) is 10.6 Å². The standard InChI is InChI=1S/C17H19N5S/c1-12-20-16-8-7-14(11-22(16)21-12)18-9-15-10-19-17(23-15)13-5-3-2-4-6-13/h2-6,10,14,18H,7-9,11H2,1H3/t14-/m0/s1. The lowest BCUT2D eigenvalue weighted by atomic mass is 10.1. The second-order valence-electron chi connectivity index (χ2n) is 5.87. The van der Waals surface area contributed by atoms with Gasteiger partial charge >= 0.3 is 0 Å². The Morgan fingerprint density at radius 1 is 1.30 bits per heavy atom. The Morgan fingerprint density at radius 3 is 3.04 bits per heavy atom. The fourth-order valence-corrected chi connectivity index (χ4v) is 3.82. The van der Waals surface area contributed by atoms with Gasteiger partial charge in [0.05, 0.1) is 6.54 Å². The van der Waals surface area contributed by atoms with Gasteiger partial charge in [-0.25, -0.2) is 14.6 Å². The predicted molar refractivity (Wildman–Crippen MR) is 91.3 cm³/mol. The maximum atomic E-state index is 4.54. The topological polar surface area (TPSA) is 55.6 Å².